The second kappa shape index (κ2) is 5.38. The summed E-state index contributed by atoms with van der Waals surface area (Å²) in [7, 11) is 1.92. The molecule has 0 fully saturated rings. The number of nitrogens with two attached hydrogens (primary N) is 1. The topological polar surface area (TPSA) is 73.8 Å². The number of hydrogen-bond donors (Lipinski definition) is 1. The lowest BCUT2D eigenvalue weighted by Crippen LogP contribution is -2.10. The third-order valence-corrected chi connectivity index (χ3v) is 4.44. The van der Waals surface area contributed by atoms with Crippen molar-refractivity contribution in [1.82, 2.24) is 14.5 Å². The number of carbonyl (C=O) groups is 1. The van der Waals surface area contributed by atoms with Crippen LogP contribution in [0, 0.1) is 0 Å². The number of nitrogens with zero attached hydrogens (tertiary/aromatic N) is 3. The van der Waals surface area contributed by atoms with Crippen molar-refractivity contribution in [2.75, 3.05) is 0 Å². The first-order chi connectivity index (χ1) is 10.1. The van der Waals surface area contributed by atoms with Gasteiger partial charge in [0.2, 0.25) is 0 Å². The Hall–Kier alpha value is -2.05. The molecular weight excluding hydrogens is 284 g/mol. The summed E-state index contributed by atoms with van der Waals surface area (Å²) in [6.45, 7) is 1.86. The zero-order chi connectivity index (χ0) is 15.0. The fourth-order valence-electron chi connectivity index (χ4n) is 2.21. The van der Waals surface area contributed by atoms with Gasteiger partial charge in [0.05, 0.1) is 23.5 Å². The van der Waals surface area contributed by atoms with E-state index in [1.165, 1.54) is 11.3 Å². The van der Waals surface area contributed by atoms with Crippen LogP contribution >= 0.6 is 11.3 Å². The second-order valence-electron chi connectivity index (χ2n) is 5.04. The van der Waals surface area contributed by atoms with E-state index in [2.05, 4.69) is 9.97 Å². The van der Waals surface area contributed by atoms with Crippen LogP contribution in [0.5, 0.6) is 0 Å². The van der Waals surface area contributed by atoms with Gasteiger partial charge in [-0.25, -0.2) is 9.97 Å². The normalized spacial score (nSPS) is 12.7. The highest BCUT2D eigenvalue weighted by molar-refractivity contribution is 7.09. The molecule has 0 spiro atoms. The Balaban J connectivity index is 1.87. The average Bonchev–Trinajstić information content (AvgIpc) is 3.06. The molecule has 3 aromatic rings. The van der Waals surface area contributed by atoms with Gasteiger partial charge in [0.1, 0.15) is 16.5 Å². The van der Waals surface area contributed by atoms with E-state index in [-0.39, 0.29) is 18.2 Å². The molecule has 6 heteroatoms. The summed E-state index contributed by atoms with van der Waals surface area (Å²) in [5.74, 6) is 0.716. The minimum Gasteiger partial charge on any atom is -0.331 e. The van der Waals surface area contributed by atoms with Crippen LogP contribution in [0.1, 0.15) is 34.3 Å². The molecule has 0 radical (unpaired) electrons. The first kappa shape index (κ1) is 13.9. The summed E-state index contributed by atoms with van der Waals surface area (Å²) in [5, 5.41) is 2.55. The summed E-state index contributed by atoms with van der Waals surface area (Å²) in [6, 6.07) is 7.70. The van der Waals surface area contributed by atoms with Crippen molar-refractivity contribution >= 4 is 28.2 Å². The van der Waals surface area contributed by atoms with Crippen LogP contribution in [0.15, 0.2) is 29.6 Å². The number of fused-ring (bicyclic) bond motifs is 1. The van der Waals surface area contributed by atoms with E-state index >= 15 is 0 Å². The number of hydrogen-bond acceptors (Lipinski definition) is 5. The minimum atomic E-state index is -0.146. The van der Waals surface area contributed by atoms with Crippen LogP contribution < -0.4 is 5.73 Å². The van der Waals surface area contributed by atoms with Gasteiger partial charge in [-0.2, -0.15) is 0 Å². The Kier molecular flexibility index (Phi) is 3.57. The number of imidazole rings is 1. The third-order valence-electron chi connectivity index (χ3n) is 3.40. The van der Waals surface area contributed by atoms with Crippen molar-refractivity contribution < 1.29 is 4.79 Å². The Morgan fingerprint density at radius 3 is 2.81 bits per heavy atom. The number of benzene rings is 1. The van der Waals surface area contributed by atoms with E-state index in [1.54, 1.807) is 5.38 Å². The van der Waals surface area contributed by atoms with Gasteiger partial charge in [0.15, 0.2) is 5.78 Å². The van der Waals surface area contributed by atoms with Crippen molar-refractivity contribution in [3.05, 3.63) is 46.2 Å². The van der Waals surface area contributed by atoms with Crippen molar-refractivity contribution in [1.29, 1.82) is 0 Å². The Bertz CT molecular complexity index is 803. The minimum absolute atomic E-state index is 0.0310. The van der Waals surface area contributed by atoms with Crippen LogP contribution in [-0.2, 0) is 13.5 Å². The molecule has 1 aromatic carbocycles. The Morgan fingerprint density at radius 1 is 1.38 bits per heavy atom. The standard InChI is InChI=1S/C15H16N4OS/c1-9(16)15-18-11(8-21-15)13(20)7-14-17-10-5-3-4-6-12(10)19(14)2/h3-6,8-9H,7,16H2,1-2H3. The molecule has 0 saturated heterocycles. The molecule has 21 heavy (non-hydrogen) atoms. The Labute approximate surface area is 126 Å². The zero-order valence-electron chi connectivity index (χ0n) is 11.9. The molecule has 0 amide bonds. The van der Waals surface area contributed by atoms with Crippen molar-refractivity contribution in [2.24, 2.45) is 12.8 Å². The van der Waals surface area contributed by atoms with Gasteiger partial charge in [-0.1, -0.05) is 12.1 Å². The molecule has 5 nitrogen and oxygen atoms in total. The number of carbonyl (C=O) groups excluding carboxylic acids is 1. The van der Waals surface area contributed by atoms with E-state index < -0.39 is 0 Å². The molecule has 3 rings (SSSR count). The summed E-state index contributed by atoms with van der Waals surface area (Å²) >= 11 is 1.42. The molecule has 108 valence electrons. The summed E-state index contributed by atoms with van der Waals surface area (Å²) < 4.78 is 1.95. The van der Waals surface area contributed by atoms with Gasteiger partial charge in [0, 0.05) is 12.4 Å². The largest absolute Gasteiger partial charge is 0.331 e. The fourth-order valence-corrected chi connectivity index (χ4v) is 2.99. The number of rotatable bonds is 4. The third kappa shape index (κ3) is 2.59. The molecular formula is C15H16N4OS. The molecule has 0 saturated carbocycles. The molecule has 2 aromatic heterocycles. The van der Waals surface area contributed by atoms with E-state index in [1.807, 2.05) is 42.8 Å². The number of thiazole rings is 1. The van der Waals surface area contributed by atoms with Crippen molar-refractivity contribution in [3.63, 3.8) is 0 Å². The lowest BCUT2D eigenvalue weighted by Gasteiger charge is -2.01. The van der Waals surface area contributed by atoms with Crippen LogP contribution in [-0.4, -0.2) is 20.3 Å². The smallest absolute Gasteiger partial charge is 0.189 e. The monoisotopic (exact) mass is 300 g/mol. The highest BCUT2D eigenvalue weighted by Gasteiger charge is 2.16. The molecule has 0 aliphatic heterocycles. The maximum absolute atomic E-state index is 12.3. The van der Waals surface area contributed by atoms with Crippen LogP contribution in [0.25, 0.3) is 11.0 Å². The number of aryl methyl sites for hydroxylation is 1. The SMILES string of the molecule is CC(N)c1nc(C(=O)Cc2nc3ccccc3n2C)cs1. The zero-order valence-corrected chi connectivity index (χ0v) is 12.7. The number of aromatic nitrogens is 3. The highest BCUT2D eigenvalue weighted by Crippen LogP contribution is 2.19. The van der Waals surface area contributed by atoms with Crippen molar-refractivity contribution in [3.8, 4) is 0 Å². The molecule has 2 N–H and O–H groups in total. The fraction of sp³-hybridized carbons (Fsp3) is 0.267. The predicted octanol–water partition coefficient (Wildman–Crippen LogP) is 2.47. The number of ketones is 1. The van der Waals surface area contributed by atoms with Gasteiger partial charge >= 0.3 is 0 Å². The van der Waals surface area contributed by atoms with E-state index in [0.717, 1.165) is 21.9 Å². The lowest BCUT2D eigenvalue weighted by molar-refractivity contribution is 0.0986. The van der Waals surface area contributed by atoms with Crippen LogP contribution in [0.2, 0.25) is 0 Å². The molecule has 0 bridgehead atoms. The average molecular weight is 300 g/mol. The number of para-hydroxylation sites is 2. The van der Waals surface area contributed by atoms with Crippen LogP contribution in [0.3, 0.4) is 0 Å². The maximum atomic E-state index is 12.3. The van der Waals surface area contributed by atoms with E-state index in [9.17, 15) is 4.79 Å². The van der Waals surface area contributed by atoms with E-state index in [4.69, 9.17) is 5.73 Å². The quantitative estimate of drug-likeness (QED) is 0.751. The predicted molar refractivity (Wildman–Crippen MR) is 83.5 cm³/mol. The molecule has 0 aliphatic rings. The molecule has 2 heterocycles. The van der Waals surface area contributed by atoms with Crippen LogP contribution in [0.4, 0.5) is 0 Å². The first-order valence-electron chi connectivity index (χ1n) is 6.71. The lowest BCUT2D eigenvalue weighted by atomic mass is 10.2. The van der Waals surface area contributed by atoms with Gasteiger partial charge in [0.25, 0.3) is 0 Å². The van der Waals surface area contributed by atoms with E-state index in [0.29, 0.717) is 5.69 Å². The highest BCUT2D eigenvalue weighted by atomic mass is 32.1. The van der Waals surface area contributed by atoms with Gasteiger partial charge < -0.3 is 10.3 Å². The summed E-state index contributed by atoms with van der Waals surface area (Å²) in [4.78, 5) is 21.1. The van der Waals surface area contributed by atoms with Crippen molar-refractivity contribution in [2.45, 2.75) is 19.4 Å². The Morgan fingerprint density at radius 2 is 2.14 bits per heavy atom. The second-order valence-corrected chi connectivity index (χ2v) is 5.93. The van der Waals surface area contributed by atoms with Gasteiger partial charge in [-0.3, -0.25) is 4.79 Å². The molecule has 0 aliphatic carbocycles. The summed E-state index contributed by atoms with van der Waals surface area (Å²) in [5.41, 5.74) is 8.17. The first-order valence-corrected chi connectivity index (χ1v) is 7.58. The maximum Gasteiger partial charge on any atom is 0.189 e. The molecule has 1 unspecified atom stereocenters. The molecule has 1 atom stereocenters. The van der Waals surface area contributed by atoms with Gasteiger partial charge in [-0.15, -0.1) is 11.3 Å². The number of Topliss-reactive ketones (excluding diaryl/α,β-unsaturated/α-hetero) is 1. The summed E-state index contributed by atoms with van der Waals surface area (Å²) in [6.07, 6.45) is 0.243. The van der Waals surface area contributed by atoms with Gasteiger partial charge in [-0.05, 0) is 19.1 Å².